The Balaban J connectivity index is 1.76. The molecule has 4 heteroatoms. The first-order chi connectivity index (χ1) is 8.75. The van der Waals surface area contributed by atoms with Gasteiger partial charge in [-0.15, -0.1) is 0 Å². The van der Waals surface area contributed by atoms with Gasteiger partial charge in [-0.25, -0.2) is 0 Å². The van der Waals surface area contributed by atoms with Gasteiger partial charge in [-0.05, 0) is 18.4 Å². The third-order valence-corrected chi connectivity index (χ3v) is 3.09. The van der Waals surface area contributed by atoms with Crippen LogP contribution >= 0.6 is 0 Å². The van der Waals surface area contributed by atoms with Crippen molar-refractivity contribution in [2.45, 2.75) is 25.8 Å². The van der Waals surface area contributed by atoms with Crippen molar-refractivity contribution < 1.29 is 9.59 Å². The van der Waals surface area contributed by atoms with Crippen molar-refractivity contribution in [3.05, 3.63) is 35.9 Å². The van der Waals surface area contributed by atoms with Crippen LogP contribution in [0.4, 0.5) is 0 Å². The molecule has 1 aliphatic heterocycles. The number of carbonyl (C=O) groups excluding carboxylic acids is 2. The molecule has 1 saturated heterocycles. The van der Waals surface area contributed by atoms with E-state index in [4.69, 9.17) is 0 Å². The molecule has 0 spiro atoms. The summed E-state index contributed by atoms with van der Waals surface area (Å²) in [5.41, 5.74) is 1.07. The number of likely N-dealkylation sites (tertiary alicyclic amines) is 1. The second-order valence-corrected chi connectivity index (χ2v) is 4.53. The smallest absolute Gasteiger partial charge is 0.239 e. The largest absolute Gasteiger partial charge is 0.350 e. The van der Waals surface area contributed by atoms with Crippen LogP contribution in [0.25, 0.3) is 0 Å². The SMILES string of the molecule is O=C(CN1CCCCC1=O)NCc1ccccc1. The summed E-state index contributed by atoms with van der Waals surface area (Å²) in [4.78, 5) is 24.9. The van der Waals surface area contributed by atoms with E-state index in [2.05, 4.69) is 5.32 Å². The van der Waals surface area contributed by atoms with Crippen molar-refractivity contribution in [2.24, 2.45) is 0 Å². The molecule has 1 N–H and O–H groups in total. The number of hydrogen-bond donors (Lipinski definition) is 1. The summed E-state index contributed by atoms with van der Waals surface area (Å²) in [5.74, 6) is 0.00483. The number of nitrogens with one attached hydrogen (secondary N) is 1. The van der Waals surface area contributed by atoms with Crippen LogP contribution in [-0.4, -0.2) is 29.8 Å². The van der Waals surface area contributed by atoms with Gasteiger partial charge < -0.3 is 10.2 Å². The minimum absolute atomic E-state index is 0.0888. The molecule has 2 rings (SSSR count). The maximum atomic E-state index is 11.7. The average molecular weight is 246 g/mol. The van der Waals surface area contributed by atoms with Crippen molar-refractivity contribution in [3.63, 3.8) is 0 Å². The average Bonchev–Trinajstić information content (AvgIpc) is 2.40. The highest BCUT2D eigenvalue weighted by Crippen LogP contribution is 2.09. The van der Waals surface area contributed by atoms with Crippen molar-refractivity contribution in [1.82, 2.24) is 10.2 Å². The molecular formula is C14H18N2O2. The Labute approximate surface area is 107 Å². The summed E-state index contributed by atoms with van der Waals surface area (Å²) in [6.45, 7) is 1.41. The van der Waals surface area contributed by atoms with E-state index >= 15 is 0 Å². The summed E-state index contributed by atoms with van der Waals surface area (Å²) in [7, 11) is 0. The summed E-state index contributed by atoms with van der Waals surface area (Å²) >= 11 is 0. The first-order valence-electron chi connectivity index (χ1n) is 6.34. The number of nitrogens with zero attached hydrogens (tertiary/aromatic N) is 1. The molecule has 1 aliphatic rings. The van der Waals surface area contributed by atoms with E-state index in [1.807, 2.05) is 30.3 Å². The molecule has 1 fully saturated rings. The van der Waals surface area contributed by atoms with E-state index in [1.54, 1.807) is 4.90 Å². The minimum atomic E-state index is -0.0888. The second-order valence-electron chi connectivity index (χ2n) is 4.53. The molecule has 0 atom stereocenters. The van der Waals surface area contributed by atoms with E-state index in [0.717, 1.165) is 18.4 Å². The Hall–Kier alpha value is -1.84. The topological polar surface area (TPSA) is 49.4 Å². The number of amides is 2. The molecule has 0 saturated carbocycles. The number of hydrogen-bond acceptors (Lipinski definition) is 2. The first kappa shape index (κ1) is 12.6. The van der Waals surface area contributed by atoms with Crippen LogP contribution in [0.2, 0.25) is 0 Å². The van der Waals surface area contributed by atoms with Crippen LogP contribution in [0, 0.1) is 0 Å². The van der Waals surface area contributed by atoms with Gasteiger partial charge in [0.2, 0.25) is 11.8 Å². The molecule has 0 aromatic heterocycles. The highest BCUT2D eigenvalue weighted by molar-refractivity contribution is 5.85. The van der Waals surface area contributed by atoms with Crippen molar-refractivity contribution in [1.29, 1.82) is 0 Å². The monoisotopic (exact) mass is 246 g/mol. The highest BCUT2D eigenvalue weighted by atomic mass is 16.2. The summed E-state index contributed by atoms with van der Waals surface area (Å²) in [6.07, 6.45) is 2.52. The van der Waals surface area contributed by atoms with Crippen LogP contribution in [0.1, 0.15) is 24.8 Å². The van der Waals surface area contributed by atoms with Crippen molar-refractivity contribution in [3.8, 4) is 0 Å². The van der Waals surface area contributed by atoms with Crippen LogP contribution < -0.4 is 5.32 Å². The third-order valence-electron chi connectivity index (χ3n) is 3.09. The van der Waals surface area contributed by atoms with Crippen molar-refractivity contribution in [2.75, 3.05) is 13.1 Å². The molecule has 1 aromatic rings. The quantitative estimate of drug-likeness (QED) is 0.871. The molecule has 1 aromatic carbocycles. The predicted molar refractivity (Wildman–Crippen MR) is 68.7 cm³/mol. The lowest BCUT2D eigenvalue weighted by atomic mass is 10.1. The molecule has 18 heavy (non-hydrogen) atoms. The maximum Gasteiger partial charge on any atom is 0.239 e. The van der Waals surface area contributed by atoms with Gasteiger partial charge in [0.25, 0.3) is 0 Å². The minimum Gasteiger partial charge on any atom is -0.350 e. The molecule has 0 aliphatic carbocycles. The van der Waals surface area contributed by atoms with Gasteiger partial charge in [0.1, 0.15) is 0 Å². The fourth-order valence-corrected chi connectivity index (χ4v) is 2.05. The number of rotatable bonds is 4. The summed E-state index contributed by atoms with van der Waals surface area (Å²) in [6, 6.07) is 9.75. The predicted octanol–water partition coefficient (Wildman–Crippen LogP) is 1.32. The van der Waals surface area contributed by atoms with Gasteiger partial charge in [-0.2, -0.15) is 0 Å². The van der Waals surface area contributed by atoms with Gasteiger partial charge >= 0.3 is 0 Å². The standard InChI is InChI=1S/C14H18N2O2/c17-13(11-16-9-5-4-8-14(16)18)15-10-12-6-2-1-3-7-12/h1-3,6-7H,4-5,8-11H2,(H,15,17). The summed E-state index contributed by atoms with van der Waals surface area (Å²) in [5, 5.41) is 2.83. The lowest BCUT2D eigenvalue weighted by Crippen LogP contribution is -2.42. The van der Waals surface area contributed by atoms with Crippen LogP contribution in [0.15, 0.2) is 30.3 Å². The Kier molecular flexibility index (Phi) is 4.34. The highest BCUT2D eigenvalue weighted by Gasteiger charge is 2.19. The molecule has 2 amide bonds. The fourth-order valence-electron chi connectivity index (χ4n) is 2.05. The molecule has 0 radical (unpaired) electrons. The Morgan fingerprint density at radius 1 is 1.22 bits per heavy atom. The van der Waals surface area contributed by atoms with Gasteiger partial charge in [0, 0.05) is 19.5 Å². The van der Waals surface area contributed by atoms with E-state index in [1.165, 1.54) is 0 Å². The molecule has 0 unspecified atom stereocenters. The van der Waals surface area contributed by atoms with Crippen LogP contribution in [0.3, 0.4) is 0 Å². The van der Waals surface area contributed by atoms with E-state index < -0.39 is 0 Å². The van der Waals surface area contributed by atoms with Crippen molar-refractivity contribution >= 4 is 11.8 Å². The lowest BCUT2D eigenvalue weighted by Gasteiger charge is -2.25. The number of carbonyl (C=O) groups is 2. The number of piperidine rings is 1. The second kappa shape index (κ2) is 6.19. The Bertz CT molecular complexity index is 417. The third kappa shape index (κ3) is 3.58. The van der Waals surface area contributed by atoms with Gasteiger partial charge in [0.05, 0.1) is 6.54 Å². The molecule has 96 valence electrons. The van der Waals surface area contributed by atoms with Gasteiger partial charge in [0.15, 0.2) is 0 Å². The zero-order chi connectivity index (χ0) is 12.8. The van der Waals surface area contributed by atoms with E-state index in [0.29, 0.717) is 19.5 Å². The molecule has 4 nitrogen and oxygen atoms in total. The molecule has 1 heterocycles. The number of benzene rings is 1. The van der Waals surface area contributed by atoms with E-state index in [9.17, 15) is 9.59 Å². The maximum absolute atomic E-state index is 11.7. The molecule has 0 bridgehead atoms. The Morgan fingerprint density at radius 3 is 2.72 bits per heavy atom. The zero-order valence-corrected chi connectivity index (χ0v) is 10.4. The van der Waals surface area contributed by atoms with Gasteiger partial charge in [-0.3, -0.25) is 9.59 Å². The first-order valence-corrected chi connectivity index (χ1v) is 6.34. The van der Waals surface area contributed by atoms with Gasteiger partial charge in [-0.1, -0.05) is 30.3 Å². The Morgan fingerprint density at radius 2 is 2.00 bits per heavy atom. The van der Waals surface area contributed by atoms with Crippen LogP contribution in [0.5, 0.6) is 0 Å². The van der Waals surface area contributed by atoms with E-state index in [-0.39, 0.29) is 18.4 Å². The summed E-state index contributed by atoms with van der Waals surface area (Å²) < 4.78 is 0. The van der Waals surface area contributed by atoms with Crippen LogP contribution in [-0.2, 0) is 16.1 Å². The lowest BCUT2D eigenvalue weighted by molar-refractivity contribution is -0.137. The molecular weight excluding hydrogens is 228 g/mol. The zero-order valence-electron chi connectivity index (χ0n) is 10.4. The fraction of sp³-hybridized carbons (Fsp3) is 0.429. The normalized spacial score (nSPS) is 15.6.